The van der Waals surface area contributed by atoms with E-state index in [2.05, 4.69) is 15.1 Å². The number of benzene rings is 1. The predicted molar refractivity (Wildman–Crippen MR) is 75.8 cm³/mol. The van der Waals surface area contributed by atoms with Crippen molar-refractivity contribution < 1.29 is 13.9 Å². The first-order valence-corrected chi connectivity index (χ1v) is 6.70. The van der Waals surface area contributed by atoms with Gasteiger partial charge in [0.1, 0.15) is 5.82 Å². The van der Waals surface area contributed by atoms with Gasteiger partial charge in [-0.05, 0) is 24.3 Å². The molecule has 5 nitrogen and oxygen atoms in total. The Morgan fingerprint density at radius 3 is 2.62 bits per heavy atom. The fourth-order valence-corrected chi connectivity index (χ4v) is 2.27. The molecule has 3 rings (SSSR count). The number of hydrogen-bond donors (Lipinski definition) is 0. The lowest BCUT2D eigenvalue weighted by molar-refractivity contribution is 0.112. The number of carbonyl (C=O) groups is 1. The lowest BCUT2D eigenvalue weighted by Crippen LogP contribution is -2.36. The van der Waals surface area contributed by atoms with Crippen LogP contribution in [0.3, 0.4) is 0 Å². The minimum Gasteiger partial charge on any atom is -0.378 e. The highest BCUT2D eigenvalue weighted by molar-refractivity contribution is 5.79. The molecular weight excluding hydrogens is 273 g/mol. The largest absolute Gasteiger partial charge is 0.378 e. The van der Waals surface area contributed by atoms with E-state index in [4.69, 9.17) is 4.74 Å². The van der Waals surface area contributed by atoms with Gasteiger partial charge in [-0.15, -0.1) is 10.2 Å². The molecule has 0 bridgehead atoms. The molecule has 0 atom stereocenters. The van der Waals surface area contributed by atoms with Crippen molar-refractivity contribution in [3.8, 4) is 11.3 Å². The molecule has 2 aromatic rings. The third-order valence-electron chi connectivity index (χ3n) is 3.42. The van der Waals surface area contributed by atoms with Crippen LogP contribution in [0, 0.1) is 5.82 Å². The van der Waals surface area contributed by atoms with Gasteiger partial charge in [-0.2, -0.15) is 0 Å². The van der Waals surface area contributed by atoms with Gasteiger partial charge >= 0.3 is 0 Å². The molecule has 1 aliphatic heterocycles. The topological polar surface area (TPSA) is 55.3 Å². The Hall–Kier alpha value is -2.34. The van der Waals surface area contributed by atoms with Gasteiger partial charge in [0.15, 0.2) is 12.1 Å². The molecule has 1 aromatic carbocycles. The minimum atomic E-state index is -0.569. The van der Waals surface area contributed by atoms with Gasteiger partial charge in [-0.1, -0.05) is 6.07 Å². The third-order valence-corrected chi connectivity index (χ3v) is 3.42. The maximum absolute atomic E-state index is 14.1. The highest BCUT2D eigenvalue weighted by atomic mass is 19.1. The van der Waals surface area contributed by atoms with Crippen LogP contribution in [-0.4, -0.2) is 42.8 Å². The molecule has 1 aliphatic rings. The van der Waals surface area contributed by atoms with E-state index in [9.17, 15) is 9.18 Å². The van der Waals surface area contributed by atoms with Gasteiger partial charge < -0.3 is 9.64 Å². The monoisotopic (exact) mass is 287 g/mol. The Kier molecular flexibility index (Phi) is 3.87. The van der Waals surface area contributed by atoms with Crippen LogP contribution in [0.15, 0.2) is 30.3 Å². The molecule has 0 aliphatic carbocycles. The van der Waals surface area contributed by atoms with E-state index in [1.165, 1.54) is 6.07 Å². The Balaban J connectivity index is 1.88. The number of hydrogen-bond acceptors (Lipinski definition) is 5. The van der Waals surface area contributed by atoms with Crippen LogP contribution < -0.4 is 4.90 Å². The Bertz CT molecular complexity index is 640. The number of halogens is 1. The zero-order chi connectivity index (χ0) is 14.7. The second-order valence-corrected chi connectivity index (χ2v) is 4.70. The number of morpholine rings is 1. The van der Waals surface area contributed by atoms with Crippen molar-refractivity contribution in [1.29, 1.82) is 0 Å². The number of rotatable bonds is 3. The smallest absolute Gasteiger partial charge is 0.153 e. The molecule has 1 aromatic heterocycles. The van der Waals surface area contributed by atoms with E-state index in [0.717, 1.165) is 18.9 Å². The van der Waals surface area contributed by atoms with E-state index in [-0.39, 0.29) is 11.1 Å². The van der Waals surface area contributed by atoms with Gasteiger partial charge in [-0.25, -0.2) is 4.39 Å². The molecule has 0 N–H and O–H groups in total. The molecule has 2 heterocycles. The van der Waals surface area contributed by atoms with Crippen molar-refractivity contribution in [3.05, 3.63) is 41.7 Å². The predicted octanol–water partition coefficient (Wildman–Crippen LogP) is 1.93. The molecular formula is C15H14FN3O2. The molecule has 108 valence electrons. The molecule has 1 fully saturated rings. The van der Waals surface area contributed by atoms with E-state index in [1.54, 1.807) is 24.3 Å². The first-order chi connectivity index (χ1) is 10.3. The zero-order valence-corrected chi connectivity index (χ0v) is 11.3. The van der Waals surface area contributed by atoms with Crippen molar-refractivity contribution in [2.24, 2.45) is 0 Å². The van der Waals surface area contributed by atoms with Crippen molar-refractivity contribution in [3.63, 3.8) is 0 Å². The fourth-order valence-electron chi connectivity index (χ4n) is 2.27. The summed E-state index contributed by atoms with van der Waals surface area (Å²) in [5, 5.41) is 8.21. The van der Waals surface area contributed by atoms with Crippen LogP contribution in [0.5, 0.6) is 0 Å². The summed E-state index contributed by atoms with van der Waals surface area (Å²) in [6, 6.07) is 8.16. The lowest BCUT2D eigenvalue weighted by Gasteiger charge is -2.27. The molecule has 0 amide bonds. The number of carbonyl (C=O) groups excluding carboxylic acids is 1. The zero-order valence-electron chi connectivity index (χ0n) is 11.3. The Labute approximate surface area is 121 Å². The van der Waals surface area contributed by atoms with Crippen LogP contribution in [0.25, 0.3) is 11.3 Å². The van der Waals surface area contributed by atoms with Gasteiger partial charge in [0.2, 0.25) is 0 Å². The second kappa shape index (κ2) is 5.97. The third kappa shape index (κ3) is 2.75. The van der Waals surface area contributed by atoms with Crippen LogP contribution in [0.2, 0.25) is 0 Å². The molecule has 0 spiro atoms. The summed E-state index contributed by atoms with van der Waals surface area (Å²) in [4.78, 5) is 12.8. The summed E-state index contributed by atoms with van der Waals surface area (Å²) in [6.45, 7) is 2.87. The standard InChI is InChI=1S/C15H14FN3O2/c16-15-11(10-20)2-1-3-12(15)13-4-5-14(18-17-13)19-6-8-21-9-7-19/h1-5,10H,6-9H2. The quantitative estimate of drug-likeness (QED) is 0.807. The highest BCUT2D eigenvalue weighted by Crippen LogP contribution is 2.23. The number of anilines is 1. The van der Waals surface area contributed by atoms with E-state index in [1.807, 2.05) is 0 Å². The number of ether oxygens (including phenoxy) is 1. The molecule has 0 unspecified atom stereocenters. The average molecular weight is 287 g/mol. The SMILES string of the molecule is O=Cc1cccc(-c2ccc(N3CCOCC3)nn2)c1F. The van der Waals surface area contributed by atoms with Crippen LogP contribution >= 0.6 is 0 Å². The average Bonchev–Trinajstić information content (AvgIpc) is 2.56. The summed E-state index contributed by atoms with van der Waals surface area (Å²) >= 11 is 0. The summed E-state index contributed by atoms with van der Waals surface area (Å²) in [7, 11) is 0. The maximum Gasteiger partial charge on any atom is 0.153 e. The van der Waals surface area contributed by atoms with Gasteiger partial charge in [0, 0.05) is 18.7 Å². The molecule has 1 saturated heterocycles. The van der Waals surface area contributed by atoms with Crippen molar-refractivity contribution in [2.75, 3.05) is 31.2 Å². The fraction of sp³-hybridized carbons (Fsp3) is 0.267. The van der Waals surface area contributed by atoms with E-state index in [0.29, 0.717) is 25.2 Å². The van der Waals surface area contributed by atoms with Crippen molar-refractivity contribution >= 4 is 12.1 Å². The second-order valence-electron chi connectivity index (χ2n) is 4.70. The van der Waals surface area contributed by atoms with Crippen LogP contribution in [0.1, 0.15) is 10.4 Å². The summed E-state index contributed by atoms with van der Waals surface area (Å²) < 4.78 is 19.4. The first-order valence-electron chi connectivity index (χ1n) is 6.70. The van der Waals surface area contributed by atoms with E-state index >= 15 is 0 Å². The summed E-state index contributed by atoms with van der Waals surface area (Å²) in [5.74, 6) is 0.176. The normalized spacial score (nSPS) is 15.0. The number of nitrogens with zero attached hydrogens (tertiary/aromatic N) is 3. The van der Waals surface area contributed by atoms with Crippen molar-refractivity contribution in [1.82, 2.24) is 10.2 Å². The molecule has 6 heteroatoms. The Morgan fingerprint density at radius 2 is 1.95 bits per heavy atom. The van der Waals surface area contributed by atoms with E-state index < -0.39 is 5.82 Å². The molecule has 21 heavy (non-hydrogen) atoms. The lowest BCUT2D eigenvalue weighted by atomic mass is 10.1. The number of aldehydes is 1. The minimum absolute atomic E-state index is 0.0200. The maximum atomic E-state index is 14.1. The Morgan fingerprint density at radius 1 is 1.14 bits per heavy atom. The van der Waals surface area contributed by atoms with Gasteiger partial charge in [-0.3, -0.25) is 4.79 Å². The molecule has 0 radical (unpaired) electrons. The molecule has 0 saturated carbocycles. The number of aromatic nitrogens is 2. The first kappa shape index (κ1) is 13.6. The van der Waals surface area contributed by atoms with Gasteiger partial charge in [0.25, 0.3) is 0 Å². The van der Waals surface area contributed by atoms with Crippen molar-refractivity contribution in [2.45, 2.75) is 0 Å². The highest BCUT2D eigenvalue weighted by Gasteiger charge is 2.15. The van der Waals surface area contributed by atoms with Gasteiger partial charge in [0.05, 0.1) is 24.5 Å². The van der Waals surface area contributed by atoms with Crippen LogP contribution in [-0.2, 0) is 4.74 Å². The van der Waals surface area contributed by atoms with Crippen LogP contribution in [0.4, 0.5) is 10.2 Å². The summed E-state index contributed by atoms with van der Waals surface area (Å²) in [6.07, 6.45) is 0.494. The summed E-state index contributed by atoms with van der Waals surface area (Å²) in [5.41, 5.74) is 0.709.